The molecule has 100 valence electrons. The van der Waals surface area contributed by atoms with Gasteiger partial charge in [0.2, 0.25) is 0 Å². The van der Waals surface area contributed by atoms with Crippen molar-refractivity contribution in [1.82, 2.24) is 9.78 Å². The molecule has 19 heavy (non-hydrogen) atoms. The SMILES string of the molecule is CC(=O)c1c(C)nn(Cc2cccc(Cl)c2Cl)c1C. The van der Waals surface area contributed by atoms with Crippen LogP contribution in [0.3, 0.4) is 0 Å². The van der Waals surface area contributed by atoms with E-state index in [1.165, 1.54) is 0 Å². The molecule has 0 spiro atoms. The van der Waals surface area contributed by atoms with Gasteiger partial charge < -0.3 is 0 Å². The molecule has 0 amide bonds. The zero-order valence-corrected chi connectivity index (χ0v) is 12.5. The molecular formula is C14H14Cl2N2O. The highest BCUT2D eigenvalue weighted by atomic mass is 35.5. The molecule has 5 heteroatoms. The maximum atomic E-state index is 11.6. The highest BCUT2D eigenvalue weighted by Crippen LogP contribution is 2.26. The lowest BCUT2D eigenvalue weighted by Crippen LogP contribution is -2.05. The van der Waals surface area contributed by atoms with Gasteiger partial charge in [-0.15, -0.1) is 0 Å². The van der Waals surface area contributed by atoms with Gasteiger partial charge in [-0.05, 0) is 32.4 Å². The van der Waals surface area contributed by atoms with Crippen molar-refractivity contribution >= 4 is 29.0 Å². The first kappa shape index (κ1) is 14.1. The number of aromatic nitrogens is 2. The summed E-state index contributed by atoms with van der Waals surface area (Å²) < 4.78 is 1.78. The third-order valence-electron chi connectivity index (χ3n) is 3.09. The molecule has 3 nitrogen and oxygen atoms in total. The van der Waals surface area contributed by atoms with E-state index >= 15 is 0 Å². The van der Waals surface area contributed by atoms with Crippen molar-refractivity contribution in [1.29, 1.82) is 0 Å². The number of carbonyl (C=O) groups excluding carboxylic acids is 1. The van der Waals surface area contributed by atoms with Gasteiger partial charge in [0, 0.05) is 5.69 Å². The summed E-state index contributed by atoms with van der Waals surface area (Å²) in [5, 5.41) is 5.44. The molecule has 2 aromatic rings. The first-order valence-electron chi connectivity index (χ1n) is 5.89. The second-order valence-electron chi connectivity index (χ2n) is 4.47. The van der Waals surface area contributed by atoms with Gasteiger partial charge in [0.15, 0.2) is 5.78 Å². The Bertz CT molecular complexity index is 647. The third-order valence-corrected chi connectivity index (χ3v) is 3.94. The molecule has 0 bridgehead atoms. The lowest BCUT2D eigenvalue weighted by atomic mass is 10.1. The van der Waals surface area contributed by atoms with Crippen molar-refractivity contribution in [3.63, 3.8) is 0 Å². The Morgan fingerprint density at radius 2 is 2.00 bits per heavy atom. The monoisotopic (exact) mass is 296 g/mol. The maximum Gasteiger partial charge on any atom is 0.163 e. The average molecular weight is 297 g/mol. The smallest absolute Gasteiger partial charge is 0.163 e. The van der Waals surface area contributed by atoms with Gasteiger partial charge in [-0.2, -0.15) is 5.10 Å². The summed E-state index contributed by atoms with van der Waals surface area (Å²) >= 11 is 12.2. The molecule has 0 saturated carbocycles. The predicted octanol–water partition coefficient (Wildman–Crippen LogP) is 4.06. The van der Waals surface area contributed by atoms with Crippen LogP contribution in [0.5, 0.6) is 0 Å². The summed E-state index contributed by atoms with van der Waals surface area (Å²) in [4.78, 5) is 11.6. The van der Waals surface area contributed by atoms with Crippen molar-refractivity contribution in [3.8, 4) is 0 Å². The van der Waals surface area contributed by atoms with Crippen molar-refractivity contribution in [2.24, 2.45) is 0 Å². The molecule has 0 aliphatic rings. The quantitative estimate of drug-likeness (QED) is 0.801. The molecule has 1 aromatic carbocycles. The van der Waals surface area contributed by atoms with Crippen LogP contribution in [0, 0.1) is 13.8 Å². The van der Waals surface area contributed by atoms with Crippen LogP contribution in [0.2, 0.25) is 10.0 Å². The summed E-state index contributed by atoms with van der Waals surface area (Å²) in [6.45, 7) is 5.77. The minimum absolute atomic E-state index is 0.0263. The van der Waals surface area contributed by atoms with E-state index < -0.39 is 0 Å². The Hall–Kier alpha value is -1.32. The van der Waals surface area contributed by atoms with Crippen LogP contribution in [-0.2, 0) is 6.54 Å². The Kier molecular flexibility index (Phi) is 3.97. The van der Waals surface area contributed by atoms with Crippen molar-refractivity contribution in [2.45, 2.75) is 27.3 Å². The second-order valence-corrected chi connectivity index (χ2v) is 5.26. The van der Waals surface area contributed by atoms with E-state index in [9.17, 15) is 4.79 Å². The Balaban J connectivity index is 2.42. The van der Waals surface area contributed by atoms with Gasteiger partial charge in [-0.3, -0.25) is 9.48 Å². The molecule has 1 aromatic heterocycles. The first-order chi connectivity index (χ1) is 8.91. The highest BCUT2D eigenvalue weighted by Gasteiger charge is 2.16. The number of nitrogens with zero attached hydrogens (tertiary/aromatic N) is 2. The molecule has 0 radical (unpaired) electrons. The zero-order chi connectivity index (χ0) is 14.2. The highest BCUT2D eigenvalue weighted by molar-refractivity contribution is 6.42. The largest absolute Gasteiger partial charge is 0.294 e. The second kappa shape index (κ2) is 5.35. The van der Waals surface area contributed by atoms with E-state index in [1.807, 2.05) is 26.0 Å². The normalized spacial score (nSPS) is 10.8. The molecule has 0 unspecified atom stereocenters. The summed E-state index contributed by atoms with van der Waals surface area (Å²) in [5.41, 5.74) is 3.15. The van der Waals surface area contributed by atoms with Gasteiger partial charge in [-0.1, -0.05) is 35.3 Å². The van der Waals surface area contributed by atoms with Gasteiger partial charge in [0.05, 0.1) is 27.8 Å². The van der Waals surface area contributed by atoms with Crippen LogP contribution >= 0.6 is 23.2 Å². The zero-order valence-electron chi connectivity index (χ0n) is 11.0. The van der Waals surface area contributed by atoms with E-state index in [0.717, 1.165) is 17.0 Å². The number of benzene rings is 1. The standard InChI is InChI=1S/C14H14Cl2N2O/c1-8-13(10(3)19)9(2)18(17-8)7-11-5-4-6-12(15)14(11)16/h4-6H,7H2,1-3H3. The molecule has 0 aliphatic heterocycles. The summed E-state index contributed by atoms with van der Waals surface area (Å²) in [6.07, 6.45) is 0. The molecule has 0 aliphatic carbocycles. The van der Waals surface area contributed by atoms with Crippen LogP contribution < -0.4 is 0 Å². The van der Waals surface area contributed by atoms with Crippen LogP contribution in [0.1, 0.15) is 34.2 Å². The summed E-state index contributed by atoms with van der Waals surface area (Å²) in [7, 11) is 0. The number of ketones is 1. The Morgan fingerprint density at radius 3 is 2.58 bits per heavy atom. The molecule has 2 rings (SSSR count). The number of carbonyl (C=O) groups is 1. The van der Waals surface area contributed by atoms with E-state index in [4.69, 9.17) is 23.2 Å². The predicted molar refractivity (Wildman–Crippen MR) is 77.3 cm³/mol. The lowest BCUT2D eigenvalue weighted by Gasteiger charge is -2.08. The summed E-state index contributed by atoms with van der Waals surface area (Å²) in [5.74, 6) is 0.0263. The van der Waals surface area contributed by atoms with Crippen molar-refractivity contribution < 1.29 is 4.79 Å². The van der Waals surface area contributed by atoms with Crippen LogP contribution in [-0.4, -0.2) is 15.6 Å². The lowest BCUT2D eigenvalue weighted by molar-refractivity contribution is 0.101. The molecule has 0 fully saturated rings. The third kappa shape index (κ3) is 2.67. The molecule has 0 saturated heterocycles. The summed E-state index contributed by atoms with van der Waals surface area (Å²) in [6, 6.07) is 5.49. The molecule has 0 atom stereocenters. The van der Waals surface area contributed by atoms with E-state index in [1.54, 1.807) is 17.7 Å². The minimum atomic E-state index is 0.0263. The van der Waals surface area contributed by atoms with E-state index in [2.05, 4.69) is 5.10 Å². The van der Waals surface area contributed by atoms with Gasteiger partial charge in [-0.25, -0.2) is 0 Å². The molecular weight excluding hydrogens is 283 g/mol. The van der Waals surface area contributed by atoms with E-state index in [-0.39, 0.29) is 5.78 Å². The van der Waals surface area contributed by atoms with Gasteiger partial charge in [0.25, 0.3) is 0 Å². The van der Waals surface area contributed by atoms with Crippen molar-refractivity contribution in [3.05, 3.63) is 50.8 Å². The van der Waals surface area contributed by atoms with Crippen LogP contribution in [0.25, 0.3) is 0 Å². The Morgan fingerprint density at radius 1 is 1.32 bits per heavy atom. The number of Topliss-reactive ketones (excluding diaryl/α,β-unsaturated/α-hetero) is 1. The van der Waals surface area contributed by atoms with E-state index in [0.29, 0.717) is 22.2 Å². The number of hydrogen-bond donors (Lipinski definition) is 0. The average Bonchev–Trinajstić information content (AvgIpc) is 2.60. The molecule has 0 N–H and O–H groups in total. The van der Waals surface area contributed by atoms with Crippen molar-refractivity contribution in [2.75, 3.05) is 0 Å². The Labute approximate surface area is 122 Å². The fourth-order valence-electron chi connectivity index (χ4n) is 2.19. The maximum absolute atomic E-state index is 11.6. The molecule has 1 heterocycles. The van der Waals surface area contributed by atoms with Gasteiger partial charge >= 0.3 is 0 Å². The number of halogens is 2. The number of aryl methyl sites for hydroxylation is 1. The number of hydrogen-bond acceptors (Lipinski definition) is 2. The minimum Gasteiger partial charge on any atom is -0.294 e. The van der Waals surface area contributed by atoms with Crippen LogP contribution in [0.4, 0.5) is 0 Å². The topological polar surface area (TPSA) is 34.9 Å². The fourth-order valence-corrected chi connectivity index (χ4v) is 2.57. The first-order valence-corrected chi connectivity index (χ1v) is 6.65. The number of rotatable bonds is 3. The van der Waals surface area contributed by atoms with Crippen LogP contribution in [0.15, 0.2) is 18.2 Å². The fraction of sp³-hybridized carbons (Fsp3) is 0.286. The van der Waals surface area contributed by atoms with Gasteiger partial charge in [0.1, 0.15) is 0 Å².